The molecule has 0 aliphatic carbocycles. The van der Waals surface area contributed by atoms with Crippen LogP contribution in [0.3, 0.4) is 0 Å². The van der Waals surface area contributed by atoms with Gasteiger partial charge in [0.15, 0.2) is 0 Å². The van der Waals surface area contributed by atoms with Crippen molar-refractivity contribution >= 4 is 16.6 Å². The summed E-state index contributed by atoms with van der Waals surface area (Å²) in [7, 11) is 1.68. The molecule has 0 atom stereocenters. The van der Waals surface area contributed by atoms with Gasteiger partial charge in [0.05, 0.1) is 20.3 Å². The fourth-order valence-corrected chi connectivity index (χ4v) is 2.27. The van der Waals surface area contributed by atoms with E-state index in [1.165, 1.54) is 0 Å². The van der Waals surface area contributed by atoms with Crippen LogP contribution in [0.5, 0.6) is 5.75 Å². The average molecular weight is 259 g/mol. The lowest BCUT2D eigenvalue weighted by Crippen LogP contribution is -2.40. The van der Waals surface area contributed by atoms with Crippen molar-refractivity contribution in [3.8, 4) is 5.75 Å². The van der Waals surface area contributed by atoms with Gasteiger partial charge in [0.2, 0.25) is 0 Å². The Kier molecular flexibility index (Phi) is 3.48. The first-order valence-electron chi connectivity index (χ1n) is 6.39. The fraction of sp³-hybridized carbons (Fsp3) is 0.357. The molecule has 5 nitrogen and oxygen atoms in total. The molecule has 1 aliphatic rings. The average Bonchev–Trinajstić information content (AvgIpc) is 2.48. The van der Waals surface area contributed by atoms with Crippen molar-refractivity contribution in [1.82, 2.24) is 9.99 Å². The maximum Gasteiger partial charge on any atom is 0.148 e. The Morgan fingerprint density at radius 2 is 2.05 bits per heavy atom. The van der Waals surface area contributed by atoms with E-state index in [1.807, 2.05) is 24.3 Å². The van der Waals surface area contributed by atoms with Gasteiger partial charge in [0, 0.05) is 30.1 Å². The van der Waals surface area contributed by atoms with Gasteiger partial charge in [-0.3, -0.25) is 0 Å². The monoisotopic (exact) mass is 259 g/mol. The number of morpholine rings is 1. The molecule has 2 heterocycles. The number of pyridine rings is 1. The summed E-state index contributed by atoms with van der Waals surface area (Å²) in [6.45, 7) is 3.23. The van der Waals surface area contributed by atoms with Crippen LogP contribution in [0.1, 0.15) is 0 Å². The van der Waals surface area contributed by atoms with Crippen LogP contribution < -0.4 is 10.2 Å². The lowest BCUT2D eigenvalue weighted by Gasteiger charge is -2.27. The van der Waals surface area contributed by atoms with Gasteiger partial charge in [-0.15, -0.1) is 0 Å². The molecular weight excluding hydrogens is 242 g/mol. The molecular formula is C14H17N3O2. The molecule has 0 unspecified atom stereocenters. The van der Waals surface area contributed by atoms with E-state index in [2.05, 4.69) is 15.4 Å². The molecule has 0 radical (unpaired) electrons. The van der Waals surface area contributed by atoms with E-state index in [0.717, 1.165) is 48.6 Å². The molecule has 0 amide bonds. The molecule has 1 aliphatic heterocycles. The number of nitrogens with one attached hydrogen (secondary N) is 1. The Balaban J connectivity index is 1.94. The summed E-state index contributed by atoms with van der Waals surface area (Å²) in [6.07, 6.45) is 1.80. The van der Waals surface area contributed by atoms with Crippen molar-refractivity contribution in [2.75, 3.05) is 38.8 Å². The van der Waals surface area contributed by atoms with Crippen molar-refractivity contribution in [3.05, 3.63) is 30.5 Å². The van der Waals surface area contributed by atoms with Crippen LogP contribution in [0.2, 0.25) is 0 Å². The van der Waals surface area contributed by atoms with E-state index >= 15 is 0 Å². The molecule has 19 heavy (non-hydrogen) atoms. The zero-order valence-electron chi connectivity index (χ0n) is 10.9. The molecule has 0 saturated carbocycles. The van der Waals surface area contributed by atoms with Crippen LogP contribution in [0.15, 0.2) is 30.5 Å². The number of benzene rings is 1. The summed E-state index contributed by atoms with van der Waals surface area (Å²) < 4.78 is 10.7. The van der Waals surface area contributed by atoms with Crippen LogP contribution in [0.4, 0.5) is 5.82 Å². The number of rotatable bonds is 3. The molecule has 5 heteroatoms. The molecule has 1 N–H and O–H groups in total. The van der Waals surface area contributed by atoms with Gasteiger partial charge in [-0.05, 0) is 12.1 Å². The molecule has 1 aromatic carbocycles. The van der Waals surface area contributed by atoms with Crippen molar-refractivity contribution in [3.63, 3.8) is 0 Å². The summed E-state index contributed by atoms with van der Waals surface area (Å²) >= 11 is 0. The van der Waals surface area contributed by atoms with Gasteiger partial charge < -0.3 is 14.9 Å². The summed E-state index contributed by atoms with van der Waals surface area (Å²) in [4.78, 5) is 4.43. The summed E-state index contributed by atoms with van der Waals surface area (Å²) in [5.74, 6) is 1.73. The molecule has 1 aromatic heterocycles. The number of anilines is 1. The fourth-order valence-electron chi connectivity index (χ4n) is 2.27. The number of nitrogens with zero attached hydrogens (tertiary/aromatic N) is 2. The van der Waals surface area contributed by atoms with Crippen LogP contribution in [-0.2, 0) is 4.74 Å². The minimum Gasteiger partial charge on any atom is -0.496 e. The Hall–Kier alpha value is -1.85. The zero-order valence-corrected chi connectivity index (χ0v) is 10.9. The van der Waals surface area contributed by atoms with Crippen molar-refractivity contribution in [2.45, 2.75) is 0 Å². The normalized spacial score (nSPS) is 16.5. The van der Waals surface area contributed by atoms with E-state index in [-0.39, 0.29) is 0 Å². The molecule has 1 saturated heterocycles. The first kappa shape index (κ1) is 12.2. The van der Waals surface area contributed by atoms with Gasteiger partial charge in [-0.2, -0.15) is 0 Å². The summed E-state index contributed by atoms with van der Waals surface area (Å²) in [5.41, 5.74) is 3.36. The first-order valence-corrected chi connectivity index (χ1v) is 6.39. The van der Waals surface area contributed by atoms with E-state index in [9.17, 15) is 0 Å². The van der Waals surface area contributed by atoms with Crippen LogP contribution in [0, 0.1) is 0 Å². The van der Waals surface area contributed by atoms with Crippen LogP contribution >= 0.6 is 0 Å². The molecule has 0 bridgehead atoms. The third kappa shape index (κ3) is 2.47. The predicted octanol–water partition coefficient (Wildman–Crippen LogP) is 1.90. The highest BCUT2D eigenvalue weighted by molar-refractivity contribution is 5.95. The smallest absolute Gasteiger partial charge is 0.148 e. The van der Waals surface area contributed by atoms with Gasteiger partial charge in [-0.25, -0.2) is 9.99 Å². The number of ether oxygens (including phenoxy) is 2. The third-order valence-corrected chi connectivity index (χ3v) is 3.26. The summed E-state index contributed by atoms with van der Waals surface area (Å²) in [5, 5.41) is 4.26. The Bertz CT molecular complexity index is 568. The molecule has 100 valence electrons. The highest BCUT2D eigenvalue weighted by Gasteiger charge is 2.12. The standard InChI is InChI=1S/C14H17N3O2/c1-18-13-4-2-3-12-11(13)5-6-15-14(12)16-17-7-9-19-10-8-17/h2-6H,7-10H2,1H3,(H,15,16). The largest absolute Gasteiger partial charge is 0.496 e. The predicted molar refractivity (Wildman–Crippen MR) is 74.3 cm³/mol. The highest BCUT2D eigenvalue weighted by atomic mass is 16.5. The molecule has 1 fully saturated rings. The molecule has 2 aromatic rings. The van der Waals surface area contributed by atoms with Crippen molar-refractivity contribution in [1.29, 1.82) is 0 Å². The summed E-state index contributed by atoms with van der Waals surface area (Å²) in [6, 6.07) is 7.96. The number of hydrogen-bond donors (Lipinski definition) is 1. The van der Waals surface area contributed by atoms with E-state index in [4.69, 9.17) is 9.47 Å². The van der Waals surface area contributed by atoms with Crippen LogP contribution in [-0.4, -0.2) is 43.4 Å². The number of methoxy groups -OCH3 is 1. The number of aromatic nitrogens is 1. The van der Waals surface area contributed by atoms with Gasteiger partial charge >= 0.3 is 0 Å². The maximum atomic E-state index is 5.38. The van der Waals surface area contributed by atoms with Crippen molar-refractivity contribution < 1.29 is 9.47 Å². The van der Waals surface area contributed by atoms with Gasteiger partial charge in [0.25, 0.3) is 0 Å². The van der Waals surface area contributed by atoms with E-state index in [1.54, 1.807) is 13.3 Å². The number of fused-ring (bicyclic) bond motifs is 1. The topological polar surface area (TPSA) is 46.6 Å². The Morgan fingerprint density at radius 3 is 2.84 bits per heavy atom. The number of hydrogen-bond acceptors (Lipinski definition) is 5. The van der Waals surface area contributed by atoms with Crippen molar-refractivity contribution in [2.24, 2.45) is 0 Å². The Morgan fingerprint density at radius 1 is 1.21 bits per heavy atom. The SMILES string of the molecule is COc1cccc2c(NN3CCOCC3)nccc12. The second-order valence-corrected chi connectivity index (χ2v) is 4.43. The minimum absolute atomic E-state index is 0.751. The maximum absolute atomic E-state index is 5.38. The molecule has 0 spiro atoms. The lowest BCUT2D eigenvalue weighted by molar-refractivity contribution is 0.0495. The van der Waals surface area contributed by atoms with E-state index < -0.39 is 0 Å². The first-order chi connectivity index (χ1) is 9.38. The zero-order chi connectivity index (χ0) is 13.1. The third-order valence-electron chi connectivity index (χ3n) is 3.26. The second kappa shape index (κ2) is 5.42. The van der Waals surface area contributed by atoms with Gasteiger partial charge in [-0.1, -0.05) is 12.1 Å². The molecule has 3 rings (SSSR count). The Labute approximate surface area is 112 Å². The van der Waals surface area contributed by atoms with E-state index in [0.29, 0.717) is 0 Å². The lowest BCUT2D eigenvalue weighted by atomic mass is 10.1. The van der Waals surface area contributed by atoms with Gasteiger partial charge in [0.1, 0.15) is 11.6 Å². The quantitative estimate of drug-likeness (QED) is 0.912. The highest BCUT2D eigenvalue weighted by Crippen LogP contribution is 2.29. The second-order valence-electron chi connectivity index (χ2n) is 4.43. The number of hydrazine groups is 1. The minimum atomic E-state index is 0.751. The van der Waals surface area contributed by atoms with Crippen LogP contribution in [0.25, 0.3) is 10.8 Å².